The Labute approximate surface area is 102 Å². The van der Waals surface area contributed by atoms with E-state index in [9.17, 15) is 0 Å². The van der Waals surface area contributed by atoms with Gasteiger partial charge in [-0.3, -0.25) is 4.98 Å². The molecule has 1 fully saturated rings. The predicted octanol–water partition coefficient (Wildman–Crippen LogP) is 1.19. The van der Waals surface area contributed by atoms with Gasteiger partial charge in [0.1, 0.15) is 0 Å². The van der Waals surface area contributed by atoms with Crippen LogP contribution in [0.2, 0.25) is 0 Å². The minimum atomic E-state index is -0.0589. The van der Waals surface area contributed by atoms with Crippen LogP contribution in [0.3, 0.4) is 0 Å². The molecule has 2 rings (SSSR count). The van der Waals surface area contributed by atoms with E-state index in [0.29, 0.717) is 5.88 Å². The molecule has 5 nitrogen and oxygen atoms in total. The second kappa shape index (κ2) is 4.49. The van der Waals surface area contributed by atoms with E-state index in [1.54, 1.807) is 12.4 Å². The molecule has 0 atom stereocenters. The monoisotopic (exact) mass is 236 g/mol. The van der Waals surface area contributed by atoms with Crippen molar-refractivity contribution < 1.29 is 4.74 Å². The third kappa shape index (κ3) is 2.66. The van der Waals surface area contributed by atoms with Crippen LogP contribution < -0.4 is 15.4 Å². The number of hydrogen-bond donors (Lipinski definition) is 1. The number of ether oxygens (including phenoxy) is 1. The molecule has 0 unspecified atom stereocenters. The molecule has 0 radical (unpaired) electrons. The van der Waals surface area contributed by atoms with E-state index < -0.39 is 0 Å². The highest BCUT2D eigenvalue weighted by Gasteiger charge is 2.38. The third-order valence-electron chi connectivity index (χ3n) is 3.00. The van der Waals surface area contributed by atoms with Crippen LogP contribution in [-0.2, 0) is 0 Å². The zero-order valence-corrected chi connectivity index (χ0v) is 10.7. The molecular formula is C12H20N4O. The fraction of sp³-hybridized carbons (Fsp3) is 0.667. The van der Waals surface area contributed by atoms with Crippen molar-refractivity contribution in [1.82, 2.24) is 9.97 Å². The lowest BCUT2D eigenvalue weighted by Gasteiger charge is -2.47. The van der Waals surface area contributed by atoms with Crippen LogP contribution in [0, 0.1) is 0 Å². The van der Waals surface area contributed by atoms with Crippen molar-refractivity contribution in [2.45, 2.75) is 38.8 Å². The summed E-state index contributed by atoms with van der Waals surface area (Å²) in [6, 6.07) is 0. The summed E-state index contributed by atoms with van der Waals surface area (Å²) in [5, 5.41) is 0. The maximum atomic E-state index is 6.13. The molecule has 1 saturated heterocycles. The Morgan fingerprint density at radius 3 is 2.76 bits per heavy atom. The Morgan fingerprint density at radius 1 is 1.47 bits per heavy atom. The molecule has 0 aliphatic carbocycles. The Bertz CT molecular complexity index is 388. The Hall–Kier alpha value is -1.36. The Balaban J connectivity index is 2.03. The number of rotatable bonds is 4. The van der Waals surface area contributed by atoms with Gasteiger partial charge in [-0.1, -0.05) is 6.92 Å². The Kier molecular flexibility index (Phi) is 3.19. The third-order valence-corrected chi connectivity index (χ3v) is 3.00. The molecule has 17 heavy (non-hydrogen) atoms. The summed E-state index contributed by atoms with van der Waals surface area (Å²) in [5.41, 5.74) is 6.07. The number of hydrogen-bond acceptors (Lipinski definition) is 5. The quantitative estimate of drug-likeness (QED) is 0.850. The fourth-order valence-electron chi connectivity index (χ4n) is 1.89. The van der Waals surface area contributed by atoms with Crippen molar-refractivity contribution in [2.24, 2.45) is 5.73 Å². The van der Waals surface area contributed by atoms with Crippen LogP contribution in [-0.4, -0.2) is 34.7 Å². The molecule has 0 amide bonds. The van der Waals surface area contributed by atoms with Crippen LogP contribution in [0.25, 0.3) is 0 Å². The first-order valence-corrected chi connectivity index (χ1v) is 6.05. The average molecular weight is 236 g/mol. The van der Waals surface area contributed by atoms with Gasteiger partial charge in [-0.25, -0.2) is 0 Å². The summed E-state index contributed by atoms with van der Waals surface area (Å²) in [6.07, 6.45) is 4.49. The van der Waals surface area contributed by atoms with Gasteiger partial charge >= 0.3 is 0 Å². The molecule has 0 saturated carbocycles. The highest BCUT2D eigenvalue weighted by atomic mass is 16.5. The first-order chi connectivity index (χ1) is 8.02. The van der Waals surface area contributed by atoms with Gasteiger partial charge in [0, 0.05) is 13.1 Å². The molecule has 0 aromatic carbocycles. The summed E-state index contributed by atoms with van der Waals surface area (Å²) >= 11 is 0. The fourth-order valence-corrected chi connectivity index (χ4v) is 1.89. The van der Waals surface area contributed by atoms with Gasteiger partial charge in [0.15, 0.2) is 5.82 Å². The molecule has 1 aromatic rings. The summed E-state index contributed by atoms with van der Waals surface area (Å²) in [6.45, 7) is 7.73. The minimum absolute atomic E-state index is 0.0589. The number of nitrogens with two attached hydrogens (primary N) is 1. The lowest BCUT2D eigenvalue weighted by Crippen LogP contribution is -2.67. The minimum Gasteiger partial charge on any atom is -0.474 e. The van der Waals surface area contributed by atoms with Crippen molar-refractivity contribution in [2.75, 3.05) is 18.0 Å². The van der Waals surface area contributed by atoms with Crippen molar-refractivity contribution in [3.63, 3.8) is 0 Å². The number of nitrogens with zero attached hydrogens (tertiary/aromatic N) is 3. The van der Waals surface area contributed by atoms with Gasteiger partial charge < -0.3 is 15.4 Å². The van der Waals surface area contributed by atoms with E-state index in [0.717, 1.165) is 25.3 Å². The van der Waals surface area contributed by atoms with Gasteiger partial charge in [-0.15, -0.1) is 0 Å². The molecule has 1 aromatic heterocycles. The molecule has 2 N–H and O–H groups in total. The van der Waals surface area contributed by atoms with Crippen LogP contribution in [0.4, 0.5) is 5.82 Å². The summed E-state index contributed by atoms with van der Waals surface area (Å²) in [7, 11) is 0. The maximum absolute atomic E-state index is 6.13. The maximum Gasteiger partial charge on any atom is 0.234 e. The van der Waals surface area contributed by atoms with Crippen molar-refractivity contribution in [3.8, 4) is 5.88 Å². The van der Waals surface area contributed by atoms with Crippen molar-refractivity contribution >= 4 is 5.82 Å². The Morgan fingerprint density at radius 2 is 2.18 bits per heavy atom. The smallest absolute Gasteiger partial charge is 0.234 e. The normalized spacial score (nSPS) is 18.1. The lowest BCUT2D eigenvalue weighted by molar-refractivity contribution is 0.231. The summed E-state index contributed by atoms with van der Waals surface area (Å²) in [5.74, 6) is 1.42. The van der Waals surface area contributed by atoms with Crippen LogP contribution >= 0.6 is 0 Å². The summed E-state index contributed by atoms with van der Waals surface area (Å²) < 4.78 is 5.52. The van der Waals surface area contributed by atoms with Gasteiger partial charge in [-0.05, 0) is 20.3 Å². The average Bonchev–Trinajstić information content (AvgIpc) is 2.24. The zero-order chi connectivity index (χ0) is 12.5. The van der Waals surface area contributed by atoms with E-state index in [1.807, 2.05) is 13.8 Å². The zero-order valence-electron chi connectivity index (χ0n) is 10.7. The van der Waals surface area contributed by atoms with E-state index in [-0.39, 0.29) is 11.6 Å². The second-order valence-electron chi connectivity index (χ2n) is 4.95. The molecule has 94 valence electrons. The van der Waals surface area contributed by atoms with Crippen LogP contribution in [0.1, 0.15) is 27.2 Å². The van der Waals surface area contributed by atoms with E-state index in [1.165, 1.54) is 0 Å². The van der Waals surface area contributed by atoms with Crippen LogP contribution in [0.15, 0.2) is 12.4 Å². The van der Waals surface area contributed by atoms with Gasteiger partial charge in [0.05, 0.1) is 24.0 Å². The van der Waals surface area contributed by atoms with E-state index >= 15 is 0 Å². The van der Waals surface area contributed by atoms with Gasteiger partial charge in [0.25, 0.3) is 0 Å². The molecule has 0 bridgehead atoms. The van der Waals surface area contributed by atoms with Gasteiger partial charge in [0.2, 0.25) is 5.88 Å². The molecule has 2 heterocycles. The highest BCUT2D eigenvalue weighted by Crippen LogP contribution is 2.27. The molecule has 0 spiro atoms. The van der Waals surface area contributed by atoms with Gasteiger partial charge in [-0.2, -0.15) is 4.98 Å². The summed E-state index contributed by atoms with van der Waals surface area (Å²) in [4.78, 5) is 10.7. The molecule has 1 aliphatic heterocycles. The van der Waals surface area contributed by atoms with Crippen molar-refractivity contribution in [3.05, 3.63) is 12.4 Å². The second-order valence-corrected chi connectivity index (χ2v) is 4.95. The lowest BCUT2D eigenvalue weighted by atomic mass is 9.88. The molecular weight excluding hydrogens is 216 g/mol. The largest absolute Gasteiger partial charge is 0.474 e. The standard InChI is InChI=1S/C12H20N4O/c1-4-12(13)7-16(8-12)10-5-14-6-11(15-10)17-9(2)3/h5-6,9H,4,7-8,13H2,1-3H3. The van der Waals surface area contributed by atoms with E-state index in [2.05, 4.69) is 21.8 Å². The highest BCUT2D eigenvalue weighted by molar-refractivity contribution is 5.43. The number of anilines is 1. The molecule has 5 heteroatoms. The first kappa shape index (κ1) is 12.1. The predicted molar refractivity (Wildman–Crippen MR) is 67.2 cm³/mol. The van der Waals surface area contributed by atoms with E-state index in [4.69, 9.17) is 10.5 Å². The first-order valence-electron chi connectivity index (χ1n) is 6.05. The topological polar surface area (TPSA) is 64.3 Å². The number of aromatic nitrogens is 2. The SMILES string of the molecule is CCC1(N)CN(c2cncc(OC(C)C)n2)C1. The molecule has 1 aliphatic rings. The van der Waals surface area contributed by atoms with Crippen LogP contribution in [0.5, 0.6) is 5.88 Å². The van der Waals surface area contributed by atoms with Crippen molar-refractivity contribution in [1.29, 1.82) is 0 Å².